The fourth-order valence-electron chi connectivity index (χ4n) is 2.63. The molecule has 0 bridgehead atoms. The highest BCUT2D eigenvalue weighted by Gasteiger charge is 2.29. The summed E-state index contributed by atoms with van der Waals surface area (Å²) in [5, 5.41) is 3.03. The van der Waals surface area contributed by atoms with Gasteiger partial charge < -0.3 is 11.1 Å². The van der Waals surface area contributed by atoms with Crippen LogP contribution in [0, 0.1) is 17.3 Å². The second-order valence-corrected chi connectivity index (χ2v) is 5.63. The Morgan fingerprint density at radius 2 is 2.25 bits per heavy atom. The zero-order valence-corrected chi connectivity index (χ0v) is 11.9. The van der Waals surface area contributed by atoms with Gasteiger partial charge in [0.2, 0.25) is 0 Å². The summed E-state index contributed by atoms with van der Waals surface area (Å²) in [6, 6.07) is 1.70. The van der Waals surface area contributed by atoms with Crippen LogP contribution in [0.3, 0.4) is 0 Å². The molecule has 0 aliphatic heterocycles. The molecule has 0 atom stereocenters. The van der Waals surface area contributed by atoms with Crippen molar-refractivity contribution in [2.45, 2.75) is 32.6 Å². The van der Waals surface area contributed by atoms with Gasteiger partial charge in [0, 0.05) is 18.9 Å². The molecule has 1 fully saturated rings. The highest BCUT2D eigenvalue weighted by atomic mass is 16.1. The van der Waals surface area contributed by atoms with Crippen molar-refractivity contribution in [1.82, 2.24) is 10.3 Å². The van der Waals surface area contributed by atoms with Crippen molar-refractivity contribution in [1.29, 1.82) is 0 Å². The molecule has 1 saturated carbocycles. The molecule has 2 rings (SSSR count). The number of nitrogens with one attached hydrogen (secondary N) is 1. The van der Waals surface area contributed by atoms with Crippen LogP contribution in [-0.2, 0) is 0 Å². The molecule has 20 heavy (non-hydrogen) atoms. The van der Waals surface area contributed by atoms with Crippen LogP contribution in [0.4, 0.5) is 0 Å². The molecule has 4 nitrogen and oxygen atoms in total. The van der Waals surface area contributed by atoms with E-state index >= 15 is 0 Å². The maximum atomic E-state index is 12.3. The summed E-state index contributed by atoms with van der Waals surface area (Å²) in [4.78, 5) is 16.3. The standard InChI is InChI=1S/C16H21N3O/c1-16(7-2-3-8-16)12-19-15(20)14-6-10-18-11-13(14)5-4-9-17/h6,10-11H,2-3,7-9,12,17H2,1H3,(H,19,20). The van der Waals surface area contributed by atoms with Crippen LogP contribution in [0.15, 0.2) is 18.5 Å². The Hall–Kier alpha value is -1.86. The molecular weight excluding hydrogens is 250 g/mol. The van der Waals surface area contributed by atoms with Gasteiger partial charge in [-0.25, -0.2) is 0 Å². The zero-order chi connectivity index (χ0) is 14.4. The second kappa shape index (κ2) is 6.53. The molecule has 1 amide bonds. The Bertz CT molecular complexity index is 536. The topological polar surface area (TPSA) is 68.0 Å². The Kier molecular flexibility index (Phi) is 4.75. The van der Waals surface area contributed by atoms with Gasteiger partial charge >= 0.3 is 0 Å². The van der Waals surface area contributed by atoms with Gasteiger partial charge in [0.15, 0.2) is 0 Å². The van der Waals surface area contributed by atoms with Gasteiger partial charge in [-0.05, 0) is 24.3 Å². The fraction of sp³-hybridized carbons (Fsp3) is 0.500. The first-order chi connectivity index (χ1) is 9.64. The van der Waals surface area contributed by atoms with E-state index in [1.807, 2.05) is 0 Å². The molecule has 3 N–H and O–H groups in total. The van der Waals surface area contributed by atoms with Crippen molar-refractivity contribution >= 4 is 5.91 Å². The van der Waals surface area contributed by atoms with E-state index in [4.69, 9.17) is 5.73 Å². The third kappa shape index (κ3) is 3.58. The van der Waals surface area contributed by atoms with E-state index in [2.05, 4.69) is 29.1 Å². The molecule has 0 saturated heterocycles. The molecule has 1 aliphatic carbocycles. The van der Waals surface area contributed by atoms with E-state index in [0.29, 0.717) is 11.1 Å². The molecule has 4 heteroatoms. The second-order valence-electron chi connectivity index (χ2n) is 5.63. The maximum absolute atomic E-state index is 12.3. The molecule has 106 valence electrons. The number of aromatic nitrogens is 1. The average Bonchev–Trinajstić information content (AvgIpc) is 2.90. The van der Waals surface area contributed by atoms with Gasteiger partial charge in [0.1, 0.15) is 0 Å². The first-order valence-corrected chi connectivity index (χ1v) is 7.06. The molecule has 1 aromatic heterocycles. The maximum Gasteiger partial charge on any atom is 0.252 e. The molecular formula is C16H21N3O. The molecule has 1 aliphatic rings. The third-order valence-electron chi connectivity index (χ3n) is 3.88. The van der Waals surface area contributed by atoms with E-state index in [0.717, 1.165) is 6.54 Å². The number of carbonyl (C=O) groups is 1. The Labute approximate surface area is 120 Å². The van der Waals surface area contributed by atoms with Crippen LogP contribution < -0.4 is 11.1 Å². The lowest BCUT2D eigenvalue weighted by Crippen LogP contribution is -2.34. The molecule has 0 aromatic carbocycles. The molecule has 0 unspecified atom stereocenters. The summed E-state index contributed by atoms with van der Waals surface area (Å²) in [6.45, 7) is 3.23. The van der Waals surface area contributed by atoms with E-state index in [1.165, 1.54) is 25.7 Å². The van der Waals surface area contributed by atoms with Gasteiger partial charge in [-0.1, -0.05) is 31.6 Å². The average molecular weight is 271 g/mol. The predicted molar refractivity (Wildman–Crippen MR) is 79.1 cm³/mol. The van der Waals surface area contributed by atoms with Crippen molar-refractivity contribution in [3.63, 3.8) is 0 Å². The Morgan fingerprint density at radius 3 is 2.95 bits per heavy atom. The van der Waals surface area contributed by atoms with Gasteiger partial charge in [-0.15, -0.1) is 0 Å². The SMILES string of the molecule is CC1(CNC(=O)c2ccncc2C#CCN)CCCC1. The molecule has 1 heterocycles. The molecule has 1 aromatic rings. The van der Waals surface area contributed by atoms with Crippen LogP contribution >= 0.6 is 0 Å². The molecule has 0 radical (unpaired) electrons. The molecule has 0 spiro atoms. The summed E-state index contributed by atoms with van der Waals surface area (Å²) in [5.41, 5.74) is 6.81. The van der Waals surface area contributed by atoms with E-state index in [-0.39, 0.29) is 17.9 Å². The fourth-order valence-corrected chi connectivity index (χ4v) is 2.63. The van der Waals surface area contributed by atoms with Gasteiger partial charge in [-0.2, -0.15) is 0 Å². The minimum Gasteiger partial charge on any atom is -0.351 e. The van der Waals surface area contributed by atoms with Crippen LogP contribution in [0.5, 0.6) is 0 Å². The number of pyridine rings is 1. The van der Waals surface area contributed by atoms with Crippen molar-refractivity contribution < 1.29 is 4.79 Å². The van der Waals surface area contributed by atoms with Crippen molar-refractivity contribution in [3.8, 4) is 11.8 Å². The van der Waals surface area contributed by atoms with Crippen LogP contribution in [0.1, 0.15) is 48.5 Å². The highest BCUT2D eigenvalue weighted by Crippen LogP contribution is 2.36. The number of carbonyl (C=O) groups excluding carboxylic acids is 1. The number of hydrogen-bond donors (Lipinski definition) is 2. The smallest absolute Gasteiger partial charge is 0.252 e. The number of nitrogens with two attached hydrogens (primary N) is 1. The van der Waals surface area contributed by atoms with Crippen LogP contribution in [0.25, 0.3) is 0 Å². The lowest BCUT2D eigenvalue weighted by molar-refractivity contribution is 0.0934. The summed E-state index contributed by atoms with van der Waals surface area (Å²) in [6.07, 6.45) is 8.10. The number of nitrogens with zero attached hydrogens (tertiary/aromatic N) is 1. The van der Waals surface area contributed by atoms with Crippen LogP contribution in [0.2, 0.25) is 0 Å². The normalized spacial score (nSPS) is 16.3. The van der Waals surface area contributed by atoms with E-state index in [9.17, 15) is 4.79 Å². The van der Waals surface area contributed by atoms with Gasteiger partial charge in [-0.3, -0.25) is 9.78 Å². The monoisotopic (exact) mass is 271 g/mol. The van der Waals surface area contributed by atoms with E-state index < -0.39 is 0 Å². The largest absolute Gasteiger partial charge is 0.351 e. The van der Waals surface area contributed by atoms with Gasteiger partial charge in [0.05, 0.1) is 17.7 Å². The zero-order valence-electron chi connectivity index (χ0n) is 11.9. The summed E-state index contributed by atoms with van der Waals surface area (Å²) in [5.74, 6) is 5.57. The Balaban J connectivity index is 2.05. The third-order valence-corrected chi connectivity index (χ3v) is 3.88. The number of hydrogen-bond acceptors (Lipinski definition) is 3. The minimum atomic E-state index is -0.0816. The Morgan fingerprint density at radius 1 is 1.50 bits per heavy atom. The van der Waals surface area contributed by atoms with Crippen molar-refractivity contribution in [2.75, 3.05) is 13.1 Å². The first-order valence-electron chi connectivity index (χ1n) is 7.06. The van der Waals surface area contributed by atoms with Gasteiger partial charge in [0.25, 0.3) is 5.91 Å². The van der Waals surface area contributed by atoms with E-state index in [1.54, 1.807) is 18.5 Å². The number of rotatable bonds is 3. The lowest BCUT2D eigenvalue weighted by atomic mass is 9.89. The highest BCUT2D eigenvalue weighted by molar-refractivity contribution is 5.96. The van der Waals surface area contributed by atoms with Crippen molar-refractivity contribution in [3.05, 3.63) is 29.6 Å². The van der Waals surface area contributed by atoms with Crippen molar-refractivity contribution in [2.24, 2.45) is 11.1 Å². The quantitative estimate of drug-likeness (QED) is 0.822. The number of amides is 1. The summed E-state index contributed by atoms with van der Waals surface area (Å²) < 4.78 is 0. The van der Waals surface area contributed by atoms with Crippen LogP contribution in [-0.4, -0.2) is 24.0 Å². The lowest BCUT2D eigenvalue weighted by Gasteiger charge is -2.23. The predicted octanol–water partition coefficient (Wildman–Crippen LogP) is 1.70. The summed E-state index contributed by atoms with van der Waals surface area (Å²) >= 11 is 0. The minimum absolute atomic E-state index is 0.0816. The summed E-state index contributed by atoms with van der Waals surface area (Å²) in [7, 11) is 0. The first kappa shape index (κ1) is 14.5.